The van der Waals surface area contributed by atoms with Gasteiger partial charge in [-0.2, -0.15) is 0 Å². The first-order chi connectivity index (χ1) is 17.8. The third-order valence-corrected chi connectivity index (χ3v) is 6.29. The molecule has 1 unspecified atom stereocenters. The smallest absolute Gasteiger partial charge is 0.338 e. The maximum atomic E-state index is 13.3. The average Bonchev–Trinajstić information content (AvgIpc) is 3.14. The van der Waals surface area contributed by atoms with Crippen LogP contribution in [0.2, 0.25) is 5.02 Å². The van der Waals surface area contributed by atoms with Crippen LogP contribution in [-0.4, -0.2) is 46.4 Å². The van der Waals surface area contributed by atoms with E-state index in [4.69, 9.17) is 21.1 Å². The lowest BCUT2D eigenvalue weighted by atomic mass is 9.95. The van der Waals surface area contributed by atoms with Gasteiger partial charge in [-0.05, 0) is 60.9 Å². The molecule has 3 aromatic rings. The molecule has 0 saturated carbocycles. The van der Waals surface area contributed by atoms with E-state index in [0.29, 0.717) is 16.7 Å². The number of Topliss-reactive ketones (excluding diaryl/α,β-unsaturated/α-hetero) is 1. The summed E-state index contributed by atoms with van der Waals surface area (Å²) < 4.78 is 10.4. The molecule has 1 aliphatic rings. The maximum absolute atomic E-state index is 13.3. The summed E-state index contributed by atoms with van der Waals surface area (Å²) in [5.74, 6) is -2.27. The normalized spacial score (nSPS) is 16.6. The van der Waals surface area contributed by atoms with Gasteiger partial charge in [0.15, 0.2) is 0 Å². The van der Waals surface area contributed by atoms with Gasteiger partial charge in [-0.25, -0.2) is 4.79 Å². The number of ether oxygens (including phenoxy) is 2. The summed E-state index contributed by atoms with van der Waals surface area (Å²) in [7, 11) is 1.41. The molecule has 1 saturated heterocycles. The van der Waals surface area contributed by atoms with Crippen molar-refractivity contribution in [1.82, 2.24) is 9.88 Å². The molecule has 0 bridgehead atoms. The lowest BCUT2D eigenvalue weighted by Gasteiger charge is -2.25. The summed E-state index contributed by atoms with van der Waals surface area (Å²) in [5, 5.41) is 11.7. The molecule has 0 spiro atoms. The number of hydrogen-bond acceptors (Lipinski definition) is 7. The van der Waals surface area contributed by atoms with Gasteiger partial charge >= 0.3 is 5.97 Å². The fraction of sp³-hybridized carbons (Fsp3) is 0.214. The Hall–Kier alpha value is -4.17. The van der Waals surface area contributed by atoms with E-state index in [1.165, 1.54) is 12.0 Å². The van der Waals surface area contributed by atoms with Crippen LogP contribution in [0.5, 0.6) is 5.75 Å². The third-order valence-electron chi connectivity index (χ3n) is 6.01. The second-order valence-corrected chi connectivity index (χ2v) is 8.87. The van der Waals surface area contributed by atoms with E-state index in [0.717, 1.165) is 5.56 Å². The Morgan fingerprint density at radius 1 is 1.16 bits per heavy atom. The number of hydrogen-bond donors (Lipinski definition) is 1. The number of benzene rings is 2. The lowest BCUT2D eigenvalue weighted by molar-refractivity contribution is -0.140. The van der Waals surface area contributed by atoms with Crippen molar-refractivity contribution < 1.29 is 29.0 Å². The van der Waals surface area contributed by atoms with Crippen LogP contribution in [0.3, 0.4) is 0 Å². The molecule has 1 fully saturated rings. The fourth-order valence-electron chi connectivity index (χ4n) is 4.34. The number of aliphatic hydroxyl groups excluding tert-OH is 1. The first-order valence-corrected chi connectivity index (χ1v) is 11.9. The predicted octanol–water partition coefficient (Wildman–Crippen LogP) is 4.85. The van der Waals surface area contributed by atoms with Gasteiger partial charge in [0.25, 0.3) is 11.7 Å². The number of aryl methyl sites for hydroxylation is 1. The van der Waals surface area contributed by atoms with Crippen LogP contribution < -0.4 is 4.74 Å². The second-order valence-electron chi connectivity index (χ2n) is 8.46. The highest BCUT2D eigenvalue weighted by Crippen LogP contribution is 2.43. The molecule has 1 N–H and O–H groups in total. The number of likely N-dealkylation sites (tertiary alicyclic amines) is 1. The number of aliphatic hydroxyl groups is 1. The van der Waals surface area contributed by atoms with Crippen molar-refractivity contribution in [3.05, 3.63) is 99.3 Å². The van der Waals surface area contributed by atoms with Crippen LogP contribution in [0, 0.1) is 6.92 Å². The van der Waals surface area contributed by atoms with E-state index >= 15 is 0 Å². The molecule has 0 radical (unpaired) electrons. The SMILES string of the molecule is CCOC(=O)c1ccc(CN2C(=O)C(=O)/C(=C(/O)c3cc(C)cc(Cl)c3OC)C2c2cccnc2)cc1. The Balaban J connectivity index is 1.81. The summed E-state index contributed by atoms with van der Waals surface area (Å²) in [6, 6.07) is 12.4. The number of esters is 1. The van der Waals surface area contributed by atoms with Crippen molar-refractivity contribution in [2.24, 2.45) is 0 Å². The Bertz CT molecular complexity index is 1390. The zero-order valence-corrected chi connectivity index (χ0v) is 21.3. The lowest BCUT2D eigenvalue weighted by Crippen LogP contribution is -2.29. The van der Waals surface area contributed by atoms with Gasteiger partial charge in [-0.3, -0.25) is 14.6 Å². The van der Waals surface area contributed by atoms with E-state index in [1.54, 1.807) is 74.8 Å². The van der Waals surface area contributed by atoms with E-state index in [-0.39, 0.29) is 35.1 Å². The molecular formula is C28H25ClN2O6. The number of carbonyl (C=O) groups excluding carboxylic acids is 3. The summed E-state index contributed by atoms with van der Waals surface area (Å²) in [6.07, 6.45) is 3.12. The first kappa shape index (κ1) is 25.9. The Morgan fingerprint density at radius 3 is 2.51 bits per heavy atom. The number of rotatable bonds is 7. The van der Waals surface area contributed by atoms with Crippen molar-refractivity contribution >= 4 is 35.0 Å². The number of nitrogens with zero attached hydrogens (tertiary/aromatic N) is 2. The standard InChI is InChI=1S/C28H25ClN2O6/c1-4-37-28(35)18-9-7-17(8-10-18)15-31-23(19-6-5-11-30-14-19)22(25(33)27(31)34)24(32)20-12-16(2)13-21(29)26(20)36-3/h5-14,23,32H,4,15H2,1-3H3/b24-22+. The number of methoxy groups -OCH3 is 1. The molecule has 2 aromatic carbocycles. The highest BCUT2D eigenvalue weighted by Gasteiger charge is 2.46. The number of amides is 1. The van der Waals surface area contributed by atoms with E-state index in [9.17, 15) is 19.5 Å². The van der Waals surface area contributed by atoms with Crippen molar-refractivity contribution in [2.75, 3.05) is 13.7 Å². The summed E-state index contributed by atoms with van der Waals surface area (Å²) in [4.78, 5) is 44.1. The zero-order valence-electron chi connectivity index (χ0n) is 20.5. The average molecular weight is 521 g/mol. The van der Waals surface area contributed by atoms with Gasteiger partial charge in [0.1, 0.15) is 11.5 Å². The van der Waals surface area contributed by atoms with E-state index < -0.39 is 29.5 Å². The second kappa shape index (κ2) is 10.8. The summed E-state index contributed by atoms with van der Waals surface area (Å²) in [5.41, 5.74) is 2.45. The topological polar surface area (TPSA) is 106 Å². The quantitative estimate of drug-likeness (QED) is 0.205. The number of carbonyl (C=O) groups is 3. The van der Waals surface area contributed by atoms with Crippen LogP contribution in [0.15, 0.2) is 66.5 Å². The molecule has 0 aliphatic carbocycles. The van der Waals surface area contributed by atoms with Crippen LogP contribution in [0.1, 0.15) is 45.6 Å². The molecule has 9 heteroatoms. The highest BCUT2D eigenvalue weighted by molar-refractivity contribution is 6.46. The van der Waals surface area contributed by atoms with Crippen molar-refractivity contribution in [2.45, 2.75) is 26.4 Å². The van der Waals surface area contributed by atoms with Gasteiger partial charge in [0.2, 0.25) is 0 Å². The van der Waals surface area contributed by atoms with Gasteiger partial charge in [-0.15, -0.1) is 0 Å². The molecule has 190 valence electrons. The highest BCUT2D eigenvalue weighted by atomic mass is 35.5. The first-order valence-electron chi connectivity index (χ1n) is 11.6. The largest absolute Gasteiger partial charge is 0.507 e. The zero-order chi connectivity index (χ0) is 26.7. The molecule has 1 aliphatic heterocycles. The number of ketones is 1. The third kappa shape index (κ3) is 5.06. The minimum absolute atomic E-state index is 0.0513. The van der Waals surface area contributed by atoms with Gasteiger partial charge < -0.3 is 19.5 Å². The van der Waals surface area contributed by atoms with Gasteiger partial charge in [0, 0.05) is 18.9 Å². The van der Waals surface area contributed by atoms with Gasteiger partial charge in [0.05, 0.1) is 41.5 Å². The Labute approximate surface area is 219 Å². The van der Waals surface area contributed by atoms with Gasteiger partial charge in [-0.1, -0.05) is 29.8 Å². The molecule has 1 atom stereocenters. The number of pyridine rings is 1. The minimum Gasteiger partial charge on any atom is -0.507 e. The molecule has 8 nitrogen and oxygen atoms in total. The van der Waals surface area contributed by atoms with E-state index in [2.05, 4.69) is 4.98 Å². The minimum atomic E-state index is -0.914. The number of halogens is 1. The predicted molar refractivity (Wildman–Crippen MR) is 137 cm³/mol. The van der Waals surface area contributed by atoms with Crippen molar-refractivity contribution in [3.63, 3.8) is 0 Å². The van der Waals surface area contributed by atoms with Crippen LogP contribution in [-0.2, 0) is 20.9 Å². The maximum Gasteiger partial charge on any atom is 0.338 e. The van der Waals surface area contributed by atoms with Crippen LogP contribution in [0.4, 0.5) is 0 Å². The molecule has 37 heavy (non-hydrogen) atoms. The van der Waals surface area contributed by atoms with E-state index in [1.807, 2.05) is 0 Å². The van der Waals surface area contributed by atoms with Crippen molar-refractivity contribution in [1.29, 1.82) is 0 Å². The Kier molecular flexibility index (Phi) is 7.59. The number of aromatic nitrogens is 1. The monoisotopic (exact) mass is 520 g/mol. The summed E-state index contributed by atoms with van der Waals surface area (Å²) >= 11 is 6.33. The molecule has 2 heterocycles. The van der Waals surface area contributed by atoms with Crippen LogP contribution in [0.25, 0.3) is 5.76 Å². The van der Waals surface area contributed by atoms with Crippen LogP contribution >= 0.6 is 11.6 Å². The molecule has 1 amide bonds. The molecule has 4 rings (SSSR count). The Morgan fingerprint density at radius 2 is 1.89 bits per heavy atom. The summed E-state index contributed by atoms with van der Waals surface area (Å²) in [6.45, 7) is 3.82. The fourth-order valence-corrected chi connectivity index (χ4v) is 4.69. The van der Waals surface area contributed by atoms with Crippen molar-refractivity contribution in [3.8, 4) is 5.75 Å². The molecule has 1 aromatic heterocycles. The molecular weight excluding hydrogens is 496 g/mol.